The zero-order valence-electron chi connectivity index (χ0n) is 17.7. The van der Waals surface area contributed by atoms with Gasteiger partial charge in [-0.15, -0.1) is 0 Å². The molecule has 0 saturated carbocycles. The quantitative estimate of drug-likeness (QED) is 0.326. The highest BCUT2D eigenvalue weighted by Crippen LogP contribution is 2.41. The molecule has 0 unspecified atom stereocenters. The van der Waals surface area contributed by atoms with Gasteiger partial charge in [0.25, 0.3) is 0 Å². The lowest BCUT2D eigenvalue weighted by molar-refractivity contribution is -0.0500. The molecule has 0 bridgehead atoms. The maximum Gasteiger partial charge on any atom is 0.534 e. The number of aryl methyl sites for hydroxylation is 1. The molecule has 0 aromatic heterocycles. The maximum atomic E-state index is 12.7. The normalized spacial score (nSPS) is 14.4. The number of methoxy groups -OCH3 is 1. The third-order valence-corrected chi connectivity index (χ3v) is 6.49. The first kappa shape index (κ1) is 22.9. The van der Waals surface area contributed by atoms with E-state index in [0.29, 0.717) is 0 Å². The van der Waals surface area contributed by atoms with Crippen LogP contribution >= 0.6 is 0 Å². The van der Waals surface area contributed by atoms with Crippen LogP contribution in [0.5, 0.6) is 11.5 Å². The zero-order valence-corrected chi connectivity index (χ0v) is 18.5. The smallest absolute Gasteiger partial charge is 0.497 e. The van der Waals surface area contributed by atoms with Crippen molar-refractivity contribution in [3.05, 3.63) is 95.1 Å². The molecule has 8 heteroatoms. The van der Waals surface area contributed by atoms with Gasteiger partial charge >= 0.3 is 15.6 Å². The topological polar surface area (TPSA) is 52.6 Å². The van der Waals surface area contributed by atoms with E-state index in [-0.39, 0.29) is 0 Å². The van der Waals surface area contributed by atoms with Crippen molar-refractivity contribution < 1.29 is 30.5 Å². The van der Waals surface area contributed by atoms with Gasteiger partial charge in [0.05, 0.1) is 7.11 Å². The van der Waals surface area contributed by atoms with Gasteiger partial charge in [0.2, 0.25) is 0 Å². The number of alkyl halides is 3. The molecule has 3 aromatic rings. The van der Waals surface area contributed by atoms with Gasteiger partial charge in [-0.3, -0.25) is 0 Å². The maximum absolute atomic E-state index is 12.7. The van der Waals surface area contributed by atoms with Crippen molar-refractivity contribution in [1.29, 1.82) is 0 Å². The molecule has 0 spiro atoms. The fourth-order valence-corrected chi connectivity index (χ4v) is 4.46. The number of fused-ring (bicyclic) bond motifs is 1. The van der Waals surface area contributed by atoms with Crippen molar-refractivity contribution >= 4 is 21.3 Å². The fraction of sp³-hybridized carbons (Fsp3) is 0.200. The summed E-state index contributed by atoms with van der Waals surface area (Å²) in [5.41, 5.74) is 0.472. The first-order valence-corrected chi connectivity index (χ1v) is 11.7. The van der Waals surface area contributed by atoms with E-state index in [2.05, 4.69) is 4.18 Å². The van der Waals surface area contributed by atoms with Crippen LogP contribution in [0.3, 0.4) is 0 Å². The molecule has 0 fully saturated rings. The average Bonchev–Trinajstić information content (AvgIpc) is 2.98. The predicted molar refractivity (Wildman–Crippen MR) is 120 cm³/mol. The van der Waals surface area contributed by atoms with Gasteiger partial charge in [-0.2, -0.15) is 21.6 Å². The van der Waals surface area contributed by atoms with E-state index in [4.69, 9.17) is 4.74 Å². The Bertz CT molecular complexity index is 1280. The number of hydrogen-bond donors (Lipinski definition) is 0. The van der Waals surface area contributed by atoms with Gasteiger partial charge in [-0.25, -0.2) is 0 Å². The lowest BCUT2D eigenvalue weighted by atomic mass is 9.88. The van der Waals surface area contributed by atoms with Gasteiger partial charge in [0, 0.05) is 0 Å². The van der Waals surface area contributed by atoms with Crippen molar-refractivity contribution in [2.75, 3.05) is 7.11 Å². The van der Waals surface area contributed by atoms with Crippen LogP contribution in [0, 0.1) is 0 Å². The Morgan fingerprint density at radius 1 is 0.818 bits per heavy atom. The Hall–Kier alpha value is -3.26. The third kappa shape index (κ3) is 4.75. The molecule has 1 aliphatic carbocycles. The van der Waals surface area contributed by atoms with Crippen molar-refractivity contribution in [2.45, 2.75) is 24.8 Å². The van der Waals surface area contributed by atoms with E-state index in [1.807, 2.05) is 48.5 Å². The van der Waals surface area contributed by atoms with E-state index in [1.165, 1.54) is 12.1 Å². The van der Waals surface area contributed by atoms with Crippen LogP contribution in [-0.2, 0) is 16.5 Å². The average molecular weight is 475 g/mol. The molecule has 0 saturated heterocycles. The van der Waals surface area contributed by atoms with E-state index in [9.17, 15) is 21.6 Å². The summed E-state index contributed by atoms with van der Waals surface area (Å²) in [7, 11) is -4.12. The lowest BCUT2D eigenvalue weighted by Crippen LogP contribution is -2.28. The van der Waals surface area contributed by atoms with Crippen molar-refractivity contribution in [3.63, 3.8) is 0 Å². The van der Waals surface area contributed by atoms with E-state index < -0.39 is 21.4 Å². The molecule has 1 aliphatic rings. The molecule has 0 atom stereocenters. The number of halogens is 3. The molecule has 3 aromatic carbocycles. The predicted octanol–water partition coefficient (Wildman–Crippen LogP) is 6.22. The molecule has 0 amide bonds. The zero-order chi connectivity index (χ0) is 23.6. The minimum absolute atomic E-state index is 0.401. The largest absolute Gasteiger partial charge is 0.534 e. The molecule has 0 heterocycles. The lowest BCUT2D eigenvalue weighted by Gasteiger charge is -2.17. The van der Waals surface area contributed by atoms with E-state index in [1.54, 1.807) is 19.2 Å². The third-order valence-electron chi connectivity index (χ3n) is 5.51. The van der Waals surface area contributed by atoms with Crippen LogP contribution in [0.15, 0.2) is 72.8 Å². The molecule has 33 heavy (non-hydrogen) atoms. The summed E-state index contributed by atoms with van der Waals surface area (Å²) in [6.07, 6.45) is 2.56. The van der Waals surface area contributed by atoms with Gasteiger partial charge in [0.15, 0.2) is 0 Å². The minimum Gasteiger partial charge on any atom is -0.497 e. The van der Waals surface area contributed by atoms with Gasteiger partial charge in [-0.1, -0.05) is 48.5 Å². The highest BCUT2D eigenvalue weighted by atomic mass is 32.2. The van der Waals surface area contributed by atoms with E-state index in [0.717, 1.165) is 58.4 Å². The van der Waals surface area contributed by atoms with Gasteiger partial charge in [0.1, 0.15) is 11.5 Å². The number of hydrogen-bond acceptors (Lipinski definition) is 4. The van der Waals surface area contributed by atoms with Crippen LogP contribution in [-0.4, -0.2) is 21.0 Å². The summed E-state index contributed by atoms with van der Waals surface area (Å²) in [6, 6.07) is 21.4. The summed E-state index contributed by atoms with van der Waals surface area (Å²) in [4.78, 5) is 0. The Morgan fingerprint density at radius 2 is 1.48 bits per heavy atom. The second kappa shape index (κ2) is 8.94. The van der Waals surface area contributed by atoms with Crippen LogP contribution in [0.1, 0.15) is 35.1 Å². The molecule has 0 N–H and O–H groups in total. The Labute approximate surface area is 190 Å². The Balaban J connectivity index is 1.84. The molecule has 0 aliphatic heterocycles. The summed E-state index contributed by atoms with van der Waals surface area (Å²) in [5, 5.41) is 0. The molecule has 172 valence electrons. The standard InChI is InChI=1S/C25H21F3O4S/c1-31-21-14-15-23-19(16-21)8-5-9-22(17-6-3-2-4-7-17)24(23)18-10-12-20(13-11-18)32-33(29,30)25(26,27)28/h2-4,6-7,10-16H,5,8-9H2,1H3. The second-order valence-corrected chi connectivity index (χ2v) is 9.14. The first-order valence-electron chi connectivity index (χ1n) is 10.3. The fourth-order valence-electron chi connectivity index (χ4n) is 4.00. The SMILES string of the molecule is COc1ccc2c(c1)CCCC(c1ccccc1)=C2c1ccc(OS(=O)(=O)C(F)(F)F)cc1. The van der Waals surface area contributed by atoms with Gasteiger partial charge < -0.3 is 8.92 Å². The highest BCUT2D eigenvalue weighted by Gasteiger charge is 2.48. The molecule has 4 rings (SSSR count). The highest BCUT2D eigenvalue weighted by molar-refractivity contribution is 7.88. The summed E-state index contributed by atoms with van der Waals surface area (Å²) >= 11 is 0. The van der Waals surface area contributed by atoms with E-state index >= 15 is 0 Å². The number of allylic oxidation sites excluding steroid dienone is 1. The van der Waals surface area contributed by atoms with Crippen molar-refractivity contribution in [2.24, 2.45) is 0 Å². The molecular formula is C25H21F3O4S. The monoisotopic (exact) mass is 474 g/mol. The molecule has 4 nitrogen and oxygen atoms in total. The first-order chi connectivity index (χ1) is 15.7. The summed E-state index contributed by atoms with van der Waals surface area (Å²) in [6.45, 7) is 0. The van der Waals surface area contributed by atoms with Crippen LogP contribution in [0.2, 0.25) is 0 Å². The summed E-state index contributed by atoms with van der Waals surface area (Å²) < 4.78 is 70.3. The number of ether oxygens (including phenoxy) is 1. The van der Waals surface area contributed by atoms with Crippen molar-refractivity contribution in [1.82, 2.24) is 0 Å². The summed E-state index contributed by atoms with van der Waals surface area (Å²) in [5.74, 6) is 0.346. The Morgan fingerprint density at radius 3 is 2.12 bits per heavy atom. The van der Waals surface area contributed by atoms with Gasteiger partial charge in [-0.05, 0) is 76.9 Å². The van der Waals surface area contributed by atoms with Crippen molar-refractivity contribution in [3.8, 4) is 11.5 Å². The van der Waals surface area contributed by atoms with Crippen LogP contribution < -0.4 is 8.92 Å². The molecule has 0 radical (unpaired) electrons. The minimum atomic E-state index is -5.73. The second-order valence-electron chi connectivity index (χ2n) is 7.60. The van der Waals surface area contributed by atoms with Crippen LogP contribution in [0.4, 0.5) is 13.2 Å². The molecular weight excluding hydrogens is 453 g/mol. The Kier molecular flexibility index (Phi) is 6.21. The van der Waals surface area contributed by atoms with Crippen LogP contribution in [0.25, 0.3) is 11.1 Å². The number of rotatable bonds is 5. The number of benzene rings is 3.